The Kier molecular flexibility index (Phi) is 3.99. The molecule has 6 heteroatoms. The zero-order valence-electron chi connectivity index (χ0n) is 13.1. The molecule has 0 saturated carbocycles. The maximum atomic E-state index is 12.3. The number of rotatable bonds is 4. The molecule has 2 aromatic carbocycles. The Labute approximate surface area is 148 Å². The molecule has 0 bridgehead atoms. The standard InChI is InChI=1S/C19H14ClN3O2/c20-15-7-5-13(6-8-15)11-23-17-4-2-1-3-16(17)18(22-23)21-19(24)14-9-10-25-12-14/h1-10,12H,11H2,(H,21,22,24). The van der Waals surface area contributed by atoms with Gasteiger partial charge in [0.05, 0.1) is 23.9 Å². The van der Waals surface area contributed by atoms with Crippen LogP contribution in [0.5, 0.6) is 0 Å². The van der Waals surface area contributed by atoms with Crippen molar-refractivity contribution >= 4 is 34.2 Å². The average Bonchev–Trinajstić information content (AvgIpc) is 3.27. The Hall–Kier alpha value is -3.05. The van der Waals surface area contributed by atoms with Crippen LogP contribution in [0, 0.1) is 0 Å². The third kappa shape index (κ3) is 3.14. The van der Waals surface area contributed by atoms with Gasteiger partial charge in [-0.05, 0) is 35.9 Å². The molecule has 0 fully saturated rings. The Morgan fingerprint density at radius 3 is 2.68 bits per heavy atom. The van der Waals surface area contributed by atoms with Crippen LogP contribution in [0.15, 0.2) is 71.5 Å². The summed E-state index contributed by atoms with van der Waals surface area (Å²) in [6.45, 7) is 0.583. The van der Waals surface area contributed by atoms with Gasteiger partial charge in [-0.2, -0.15) is 5.10 Å². The molecule has 2 heterocycles. The third-order valence-corrected chi connectivity index (χ3v) is 4.17. The number of carbonyl (C=O) groups is 1. The van der Waals surface area contributed by atoms with E-state index < -0.39 is 0 Å². The Bertz CT molecular complexity index is 1020. The maximum absolute atomic E-state index is 12.3. The zero-order chi connectivity index (χ0) is 17.2. The predicted octanol–water partition coefficient (Wildman–Crippen LogP) is 4.58. The number of fused-ring (bicyclic) bond motifs is 1. The van der Waals surface area contributed by atoms with Gasteiger partial charge < -0.3 is 9.73 Å². The largest absolute Gasteiger partial charge is 0.472 e. The highest BCUT2D eigenvalue weighted by Crippen LogP contribution is 2.24. The van der Waals surface area contributed by atoms with E-state index in [0.717, 1.165) is 16.5 Å². The average molecular weight is 352 g/mol. The van der Waals surface area contributed by atoms with Gasteiger partial charge >= 0.3 is 0 Å². The number of nitrogens with one attached hydrogen (secondary N) is 1. The Balaban J connectivity index is 1.68. The summed E-state index contributed by atoms with van der Waals surface area (Å²) in [6, 6.07) is 17.0. The number of aromatic nitrogens is 2. The van der Waals surface area contributed by atoms with Crippen LogP contribution in [0.3, 0.4) is 0 Å². The van der Waals surface area contributed by atoms with E-state index in [1.54, 1.807) is 6.07 Å². The highest BCUT2D eigenvalue weighted by atomic mass is 35.5. The highest BCUT2D eigenvalue weighted by Gasteiger charge is 2.14. The van der Waals surface area contributed by atoms with E-state index in [1.807, 2.05) is 53.2 Å². The van der Waals surface area contributed by atoms with Crippen LogP contribution in [-0.2, 0) is 6.54 Å². The summed E-state index contributed by atoms with van der Waals surface area (Å²) in [5.41, 5.74) is 2.47. The molecule has 1 N–H and O–H groups in total. The number of hydrogen-bond acceptors (Lipinski definition) is 3. The van der Waals surface area contributed by atoms with Crippen LogP contribution < -0.4 is 5.32 Å². The van der Waals surface area contributed by atoms with Gasteiger partial charge in [-0.3, -0.25) is 9.48 Å². The van der Waals surface area contributed by atoms with E-state index in [0.29, 0.717) is 22.9 Å². The molecule has 0 unspecified atom stereocenters. The molecule has 4 rings (SSSR count). The van der Waals surface area contributed by atoms with Crippen LogP contribution in [0.4, 0.5) is 5.82 Å². The van der Waals surface area contributed by atoms with Gasteiger partial charge in [-0.1, -0.05) is 35.9 Å². The first-order chi connectivity index (χ1) is 12.2. The normalized spacial score (nSPS) is 10.9. The van der Waals surface area contributed by atoms with Crippen LogP contribution in [0.2, 0.25) is 5.02 Å². The highest BCUT2D eigenvalue weighted by molar-refractivity contribution is 6.30. The summed E-state index contributed by atoms with van der Waals surface area (Å²) in [5.74, 6) is 0.270. The number of furan rings is 1. The molecule has 5 nitrogen and oxygen atoms in total. The first kappa shape index (κ1) is 15.5. The van der Waals surface area contributed by atoms with E-state index in [-0.39, 0.29) is 5.91 Å². The first-order valence-corrected chi connectivity index (χ1v) is 8.12. The molecule has 0 atom stereocenters. The lowest BCUT2D eigenvalue weighted by atomic mass is 10.2. The molecule has 0 spiro atoms. The van der Waals surface area contributed by atoms with Crippen LogP contribution >= 0.6 is 11.6 Å². The number of nitrogens with zero attached hydrogens (tertiary/aromatic N) is 2. The van der Waals surface area contributed by atoms with Crippen LogP contribution in [0.1, 0.15) is 15.9 Å². The molecule has 0 saturated heterocycles. The number of amides is 1. The Morgan fingerprint density at radius 2 is 1.92 bits per heavy atom. The Morgan fingerprint density at radius 1 is 1.12 bits per heavy atom. The summed E-state index contributed by atoms with van der Waals surface area (Å²) < 4.78 is 6.82. The minimum atomic E-state index is -0.254. The smallest absolute Gasteiger partial charge is 0.260 e. The molecule has 0 aliphatic carbocycles. The molecule has 2 aromatic heterocycles. The second-order valence-corrected chi connectivity index (χ2v) is 6.05. The second-order valence-electron chi connectivity index (χ2n) is 5.62. The summed E-state index contributed by atoms with van der Waals surface area (Å²) >= 11 is 5.94. The van der Waals surface area contributed by atoms with Crippen molar-refractivity contribution in [3.05, 3.63) is 83.3 Å². The summed E-state index contributed by atoms with van der Waals surface area (Å²) in [5, 5.41) is 9.01. The molecule has 0 aliphatic rings. The maximum Gasteiger partial charge on any atom is 0.260 e. The van der Waals surface area contributed by atoms with Crippen LogP contribution in [-0.4, -0.2) is 15.7 Å². The molecule has 1 amide bonds. The van der Waals surface area contributed by atoms with Gasteiger partial charge in [0.1, 0.15) is 6.26 Å². The fraction of sp³-hybridized carbons (Fsp3) is 0.0526. The quantitative estimate of drug-likeness (QED) is 0.585. The number of halogens is 1. The molecule has 4 aromatic rings. The fourth-order valence-electron chi connectivity index (χ4n) is 2.68. The molecular formula is C19H14ClN3O2. The zero-order valence-corrected chi connectivity index (χ0v) is 13.9. The number of hydrogen-bond donors (Lipinski definition) is 1. The fourth-order valence-corrected chi connectivity index (χ4v) is 2.80. The number of benzene rings is 2. The lowest BCUT2D eigenvalue weighted by Crippen LogP contribution is -2.12. The van der Waals surface area contributed by atoms with E-state index in [2.05, 4.69) is 10.4 Å². The first-order valence-electron chi connectivity index (χ1n) is 7.74. The molecule has 0 aliphatic heterocycles. The molecular weight excluding hydrogens is 338 g/mol. The number of anilines is 1. The SMILES string of the molecule is O=C(Nc1nn(Cc2ccc(Cl)cc2)c2ccccc12)c1ccoc1. The van der Waals surface area contributed by atoms with E-state index in [1.165, 1.54) is 12.5 Å². The number of carbonyl (C=O) groups excluding carboxylic acids is 1. The van der Waals surface area contributed by atoms with Crippen molar-refractivity contribution in [1.29, 1.82) is 0 Å². The summed E-state index contributed by atoms with van der Waals surface area (Å²) in [4.78, 5) is 12.3. The van der Waals surface area contributed by atoms with Gasteiger partial charge in [0.2, 0.25) is 0 Å². The topological polar surface area (TPSA) is 60.1 Å². The predicted molar refractivity (Wildman–Crippen MR) is 96.9 cm³/mol. The molecule has 25 heavy (non-hydrogen) atoms. The van der Waals surface area contributed by atoms with Gasteiger partial charge in [0.15, 0.2) is 5.82 Å². The molecule has 0 radical (unpaired) electrons. The van der Waals surface area contributed by atoms with Gasteiger partial charge in [0, 0.05) is 10.4 Å². The number of para-hydroxylation sites is 1. The van der Waals surface area contributed by atoms with Crippen molar-refractivity contribution < 1.29 is 9.21 Å². The van der Waals surface area contributed by atoms with E-state index in [4.69, 9.17) is 16.0 Å². The van der Waals surface area contributed by atoms with Crippen molar-refractivity contribution in [3.8, 4) is 0 Å². The van der Waals surface area contributed by atoms with Crippen molar-refractivity contribution in [1.82, 2.24) is 9.78 Å². The van der Waals surface area contributed by atoms with Gasteiger partial charge in [0.25, 0.3) is 5.91 Å². The van der Waals surface area contributed by atoms with Gasteiger partial charge in [-0.15, -0.1) is 0 Å². The summed E-state index contributed by atoms with van der Waals surface area (Å²) in [6.07, 6.45) is 2.87. The van der Waals surface area contributed by atoms with Crippen molar-refractivity contribution in [2.45, 2.75) is 6.54 Å². The minimum absolute atomic E-state index is 0.254. The van der Waals surface area contributed by atoms with E-state index >= 15 is 0 Å². The summed E-state index contributed by atoms with van der Waals surface area (Å²) in [7, 11) is 0. The third-order valence-electron chi connectivity index (χ3n) is 3.92. The van der Waals surface area contributed by atoms with Crippen molar-refractivity contribution in [2.75, 3.05) is 5.32 Å². The lowest BCUT2D eigenvalue weighted by molar-refractivity contribution is 0.102. The van der Waals surface area contributed by atoms with Crippen molar-refractivity contribution in [3.63, 3.8) is 0 Å². The monoisotopic (exact) mass is 351 g/mol. The molecule has 124 valence electrons. The van der Waals surface area contributed by atoms with Crippen molar-refractivity contribution in [2.24, 2.45) is 0 Å². The van der Waals surface area contributed by atoms with Crippen LogP contribution in [0.25, 0.3) is 10.9 Å². The minimum Gasteiger partial charge on any atom is -0.472 e. The second kappa shape index (κ2) is 6.45. The van der Waals surface area contributed by atoms with Gasteiger partial charge in [-0.25, -0.2) is 0 Å². The van der Waals surface area contributed by atoms with E-state index in [9.17, 15) is 4.79 Å². The lowest BCUT2D eigenvalue weighted by Gasteiger charge is -2.04.